The van der Waals surface area contributed by atoms with Gasteiger partial charge in [0.25, 0.3) is 0 Å². The minimum atomic E-state index is 0.650. The Bertz CT molecular complexity index is 288. The molecule has 3 nitrogen and oxygen atoms in total. The number of halogens is 1. The van der Waals surface area contributed by atoms with Crippen LogP contribution in [0.5, 0.6) is 5.75 Å². The first-order valence-corrected chi connectivity index (χ1v) is 4.39. The Kier molecular flexibility index (Phi) is 3.33. The van der Waals surface area contributed by atoms with Crippen LogP contribution in [-0.4, -0.2) is 13.5 Å². The summed E-state index contributed by atoms with van der Waals surface area (Å²) in [5.41, 5.74) is 0.768. The van der Waals surface area contributed by atoms with E-state index in [0.717, 1.165) is 15.0 Å². The van der Waals surface area contributed by atoms with E-state index in [9.17, 15) is 4.79 Å². The van der Waals surface area contributed by atoms with E-state index in [-0.39, 0.29) is 0 Å². The maximum Gasteiger partial charge on any atom is 0.211 e. The molecule has 1 aromatic carbocycles. The smallest absolute Gasteiger partial charge is 0.211 e. The van der Waals surface area contributed by atoms with E-state index in [1.165, 1.54) is 0 Å². The summed E-state index contributed by atoms with van der Waals surface area (Å²) >= 11 is 2.14. The van der Waals surface area contributed by atoms with Crippen LogP contribution in [0.2, 0.25) is 0 Å². The first-order valence-electron chi connectivity index (χ1n) is 3.31. The maximum absolute atomic E-state index is 10.2. The van der Waals surface area contributed by atoms with Crippen LogP contribution >= 0.6 is 22.6 Å². The van der Waals surface area contributed by atoms with Crippen LogP contribution in [0, 0.1) is 3.57 Å². The van der Waals surface area contributed by atoms with E-state index in [0.29, 0.717) is 6.41 Å². The van der Waals surface area contributed by atoms with Gasteiger partial charge in [-0.3, -0.25) is 4.79 Å². The molecule has 64 valence electrons. The lowest BCUT2D eigenvalue weighted by Crippen LogP contribution is -1.96. The summed E-state index contributed by atoms with van der Waals surface area (Å²) in [7, 11) is 1.59. The number of benzene rings is 1. The SMILES string of the molecule is COc1ccc(I)c(NC=O)c1. The van der Waals surface area contributed by atoms with Gasteiger partial charge in [-0.25, -0.2) is 0 Å². The van der Waals surface area contributed by atoms with Gasteiger partial charge < -0.3 is 10.1 Å². The quantitative estimate of drug-likeness (QED) is 0.676. The predicted octanol–water partition coefficient (Wildman–Crippen LogP) is 1.87. The molecule has 1 rings (SSSR count). The second-order valence-electron chi connectivity index (χ2n) is 2.11. The molecular formula is C8H8INO2. The van der Waals surface area contributed by atoms with Crippen LogP contribution in [0.3, 0.4) is 0 Å². The fourth-order valence-electron chi connectivity index (χ4n) is 0.805. The van der Waals surface area contributed by atoms with Gasteiger partial charge in [-0.2, -0.15) is 0 Å². The lowest BCUT2D eigenvalue weighted by Gasteiger charge is -2.04. The summed E-state index contributed by atoms with van der Waals surface area (Å²) in [6, 6.07) is 5.50. The van der Waals surface area contributed by atoms with E-state index in [1.54, 1.807) is 13.2 Å². The number of carbonyl (C=O) groups excluding carboxylic acids is 1. The Balaban J connectivity index is 2.99. The summed E-state index contributed by atoms with van der Waals surface area (Å²) in [6.07, 6.45) is 0.650. The number of rotatable bonds is 3. The van der Waals surface area contributed by atoms with Gasteiger partial charge in [-0.15, -0.1) is 0 Å². The van der Waals surface area contributed by atoms with Crippen molar-refractivity contribution in [1.82, 2.24) is 0 Å². The molecule has 0 heterocycles. The van der Waals surface area contributed by atoms with Crippen molar-refractivity contribution >= 4 is 34.7 Å². The summed E-state index contributed by atoms with van der Waals surface area (Å²) in [4.78, 5) is 10.2. The highest BCUT2D eigenvalue weighted by molar-refractivity contribution is 14.1. The molecule has 1 N–H and O–H groups in total. The molecule has 1 aromatic rings. The molecule has 0 aliphatic heterocycles. The van der Waals surface area contributed by atoms with Gasteiger partial charge in [-0.05, 0) is 34.7 Å². The zero-order chi connectivity index (χ0) is 8.97. The monoisotopic (exact) mass is 277 g/mol. The normalized spacial score (nSPS) is 9.17. The van der Waals surface area contributed by atoms with Crippen LogP contribution in [-0.2, 0) is 4.79 Å². The number of hydrogen-bond acceptors (Lipinski definition) is 2. The second kappa shape index (κ2) is 4.30. The van der Waals surface area contributed by atoms with Gasteiger partial charge in [-0.1, -0.05) is 0 Å². The molecule has 0 spiro atoms. The molecule has 0 aliphatic carbocycles. The average molecular weight is 277 g/mol. The Hall–Kier alpha value is -0.780. The summed E-state index contributed by atoms with van der Waals surface area (Å²) < 4.78 is 5.98. The van der Waals surface area contributed by atoms with Crippen molar-refractivity contribution in [3.8, 4) is 5.75 Å². The van der Waals surface area contributed by atoms with Crippen LogP contribution in [0.15, 0.2) is 18.2 Å². The highest BCUT2D eigenvalue weighted by Gasteiger charge is 1.99. The molecule has 0 radical (unpaired) electrons. The number of methoxy groups -OCH3 is 1. The molecule has 0 fully saturated rings. The lowest BCUT2D eigenvalue weighted by atomic mass is 10.3. The molecule has 0 aromatic heterocycles. The maximum atomic E-state index is 10.2. The third-order valence-electron chi connectivity index (χ3n) is 1.39. The molecule has 0 atom stereocenters. The van der Waals surface area contributed by atoms with Crippen molar-refractivity contribution in [3.05, 3.63) is 21.8 Å². The Labute approximate surface area is 84.2 Å². The predicted molar refractivity (Wildman–Crippen MR) is 55.4 cm³/mol. The number of ether oxygens (including phenoxy) is 1. The van der Waals surface area contributed by atoms with E-state index < -0.39 is 0 Å². The van der Waals surface area contributed by atoms with Crippen molar-refractivity contribution in [2.45, 2.75) is 0 Å². The highest BCUT2D eigenvalue weighted by atomic mass is 127. The third kappa shape index (κ3) is 2.10. The van der Waals surface area contributed by atoms with Gasteiger partial charge in [0.05, 0.1) is 12.8 Å². The van der Waals surface area contributed by atoms with Crippen LogP contribution in [0.1, 0.15) is 0 Å². The lowest BCUT2D eigenvalue weighted by molar-refractivity contribution is -0.105. The molecular weight excluding hydrogens is 269 g/mol. The van der Waals surface area contributed by atoms with Gasteiger partial charge in [0.2, 0.25) is 6.41 Å². The fraction of sp³-hybridized carbons (Fsp3) is 0.125. The molecule has 0 bridgehead atoms. The molecule has 0 unspecified atom stereocenters. The molecule has 0 saturated carbocycles. The minimum absolute atomic E-state index is 0.650. The van der Waals surface area contributed by atoms with Gasteiger partial charge in [0, 0.05) is 9.64 Å². The van der Waals surface area contributed by atoms with Crippen molar-refractivity contribution in [3.63, 3.8) is 0 Å². The van der Waals surface area contributed by atoms with Crippen molar-refractivity contribution in [2.75, 3.05) is 12.4 Å². The average Bonchev–Trinajstić information content (AvgIpc) is 2.09. The van der Waals surface area contributed by atoms with Gasteiger partial charge in [0.1, 0.15) is 5.75 Å². The summed E-state index contributed by atoms with van der Waals surface area (Å²) in [5, 5.41) is 2.58. The van der Waals surface area contributed by atoms with Gasteiger partial charge >= 0.3 is 0 Å². The van der Waals surface area contributed by atoms with Gasteiger partial charge in [0.15, 0.2) is 0 Å². The molecule has 4 heteroatoms. The number of anilines is 1. The second-order valence-corrected chi connectivity index (χ2v) is 3.27. The first kappa shape index (κ1) is 9.31. The topological polar surface area (TPSA) is 38.3 Å². The molecule has 12 heavy (non-hydrogen) atoms. The minimum Gasteiger partial charge on any atom is -0.497 e. The Morgan fingerprint density at radius 3 is 2.92 bits per heavy atom. The van der Waals surface area contributed by atoms with E-state index >= 15 is 0 Å². The highest BCUT2D eigenvalue weighted by Crippen LogP contribution is 2.23. The largest absolute Gasteiger partial charge is 0.497 e. The number of carbonyl (C=O) groups is 1. The fourth-order valence-corrected chi connectivity index (χ4v) is 1.30. The number of amides is 1. The summed E-state index contributed by atoms with van der Waals surface area (Å²) in [6.45, 7) is 0. The van der Waals surface area contributed by atoms with Crippen molar-refractivity contribution in [2.24, 2.45) is 0 Å². The summed E-state index contributed by atoms with van der Waals surface area (Å²) in [5.74, 6) is 0.736. The molecule has 1 amide bonds. The van der Waals surface area contributed by atoms with Crippen LogP contribution in [0.25, 0.3) is 0 Å². The first-order chi connectivity index (χ1) is 5.77. The van der Waals surface area contributed by atoms with E-state index in [1.807, 2.05) is 12.1 Å². The zero-order valence-corrected chi connectivity index (χ0v) is 8.66. The third-order valence-corrected chi connectivity index (χ3v) is 2.33. The van der Waals surface area contributed by atoms with Crippen molar-refractivity contribution < 1.29 is 9.53 Å². The molecule has 0 aliphatic rings. The number of nitrogens with one attached hydrogen (secondary N) is 1. The Morgan fingerprint density at radius 2 is 2.33 bits per heavy atom. The van der Waals surface area contributed by atoms with Crippen LogP contribution in [0.4, 0.5) is 5.69 Å². The van der Waals surface area contributed by atoms with E-state index in [2.05, 4.69) is 27.9 Å². The number of hydrogen-bond donors (Lipinski definition) is 1. The molecule has 0 saturated heterocycles. The zero-order valence-electron chi connectivity index (χ0n) is 6.50. The Morgan fingerprint density at radius 1 is 1.58 bits per heavy atom. The standard InChI is InChI=1S/C8H8INO2/c1-12-6-2-3-7(9)8(4-6)10-5-11/h2-5H,1H3,(H,10,11). The van der Waals surface area contributed by atoms with Crippen molar-refractivity contribution in [1.29, 1.82) is 0 Å². The van der Waals surface area contributed by atoms with Crippen LogP contribution < -0.4 is 10.1 Å². The van der Waals surface area contributed by atoms with E-state index in [4.69, 9.17) is 4.74 Å².